The number of benzene rings is 1. The van der Waals surface area contributed by atoms with Gasteiger partial charge >= 0.3 is 0 Å². The van der Waals surface area contributed by atoms with E-state index >= 15 is 0 Å². The Labute approximate surface area is 115 Å². The van der Waals surface area contributed by atoms with Crippen LogP contribution in [0.5, 0.6) is 0 Å². The third-order valence-electron chi connectivity index (χ3n) is 4.03. The zero-order valence-electron chi connectivity index (χ0n) is 11.9. The van der Waals surface area contributed by atoms with Gasteiger partial charge in [0.1, 0.15) is 0 Å². The van der Waals surface area contributed by atoms with Crippen molar-refractivity contribution >= 4 is 5.91 Å². The average molecular weight is 260 g/mol. The molecule has 0 aliphatic carbocycles. The first-order valence-corrected chi connectivity index (χ1v) is 7.22. The van der Waals surface area contributed by atoms with E-state index in [0.717, 1.165) is 25.9 Å². The van der Waals surface area contributed by atoms with E-state index in [1.54, 1.807) is 0 Å². The molecule has 2 rings (SSSR count). The molecule has 104 valence electrons. The summed E-state index contributed by atoms with van der Waals surface area (Å²) >= 11 is 0. The molecule has 1 fully saturated rings. The van der Waals surface area contributed by atoms with Gasteiger partial charge in [-0.05, 0) is 44.3 Å². The SMILES string of the molecule is CC(CCc1ccccc1)NC(=O)C(C)C1CNC1. The molecular formula is C16H24N2O. The van der Waals surface area contributed by atoms with Gasteiger partial charge in [0.15, 0.2) is 0 Å². The van der Waals surface area contributed by atoms with E-state index in [-0.39, 0.29) is 17.9 Å². The van der Waals surface area contributed by atoms with Gasteiger partial charge in [0.2, 0.25) is 5.91 Å². The quantitative estimate of drug-likeness (QED) is 0.821. The molecule has 1 aromatic carbocycles. The molecule has 0 saturated carbocycles. The van der Waals surface area contributed by atoms with Crippen LogP contribution in [-0.4, -0.2) is 25.0 Å². The lowest BCUT2D eigenvalue weighted by atomic mass is 9.88. The van der Waals surface area contributed by atoms with E-state index in [1.165, 1.54) is 5.56 Å². The highest BCUT2D eigenvalue weighted by Gasteiger charge is 2.29. The molecular weight excluding hydrogens is 236 g/mol. The van der Waals surface area contributed by atoms with Crippen LogP contribution < -0.4 is 10.6 Å². The molecule has 1 saturated heterocycles. The predicted octanol–water partition coefficient (Wildman–Crippen LogP) is 1.98. The number of amides is 1. The molecule has 1 heterocycles. The second-order valence-electron chi connectivity index (χ2n) is 5.64. The minimum absolute atomic E-state index is 0.125. The molecule has 0 spiro atoms. The van der Waals surface area contributed by atoms with Crippen LogP contribution in [0.15, 0.2) is 30.3 Å². The summed E-state index contributed by atoms with van der Waals surface area (Å²) in [7, 11) is 0. The average Bonchev–Trinajstić information content (AvgIpc) is 2.35. The topological polar surface area (TPSA) is 41.1 Å². The Balaban J connectivity index is 1.71. The number of aryl methyl sites for hydroxylation is 1. The van der Waals surface area contributed by atoms with E-state index in [9.17, 15) is 4.79 Å². The largest absolute Gasteiger partial charge is 0.353 e. The number of carbonyl (C=O) groups is 1. The summed E-state index contributed by atoms with van der Waals surface area (Å²) in [6.07, 6.45) is 2.01. The molecule has 1 amide bonds. The smallest absolute Gasteiger partial charge is 0.223 e. The van der Waals surface area contributed by atoms with Crippen LogP contribution in [0.3, 0.4) is 0 Å². The Hall–Kier alpha value is -1.35. The maximum atomic E-state index is 12.1. The number of rotatable bonds is 6. The molecule has 2 N–H and O–H groups in total. The van der Waals surface area contributed by atoms with E-state index in [2.05, 4.69) is 41.8 Å². The Morgan fingerprint density at radius 1 is 1.32 bits per heavy atom. The fourth-order valence-electron chi connectivity index (χ4n) is 2.35. The van der Waals surface area contributed by atoms with Crippen LogP contribution in [0, 0.1) is 11.8 Å². The zero-order chi connectivity index (χ0) is 13.7. The lowest BCUT2D eigenvalue weighted by molar-refractivity contribution is -0.127. The maximum absolute atomic E-state index is 12.1. The summed E-state index contributed by atoms with van der Waals surface area (Å²) in [6, 6.07) is 10.7. The van der Waals surface area contributed by atoms with Crippen LogP contribution in [0.4, 0.5) is 0 Å². The molecule has 2 unspecified atom stereocenters. The number of nitrogens with one attached hydrogen (secondary N) is 2. The van der Waals surface area contributed by atoms with Crippen molar-refractivity contribution < 1.29 is 4.79 Å². The summed E-state index contributed by atoms with van der Waals surface area (Å²) in [5, 5.41) is 6.35. The highest BCUT2D eigenvalue weighted by molar-refractivity contribution is 5.79. The normalized spacial score (nSPS) is 18.4. The fraction of sp³-hybridized carbons (Fsp3) is 0.562. The van der Waals surface area contributed by atoms with Crippen molar-refractivity contribution in [3.8, 4) is 0 Å². The predicted molar refractivity (Wildman–Crippen MR) is 77.9 cm³/mol. The molecule has 19 heavy (non-hydrogen) atoms. The Morgan fingerprint density at radius 3 is 2.58 bits per heavy atom. The molecule has 2 atom stereocenters. The molecule has 1 aliphatic heterocycles. The van der Waals surface area contributed by atoms with Crippen molar-refractivity contribution in [1.82, 2.24) is 10.6 Å². The van der Waals surface area contributed by atoms with Gasteiger partial charge in [0.25, 0.3) is 0 Å². The van der Waals surface area contributed by atoms with Crippen molar-refractivity contribution in [1.29, 1.82) is 0 Å². The molecule has 3 nitrogen and oxygen atoms in total. The van der Waals surface area contributed by atoms with E-state index in [1.807, 2.05) is 13.0 Å². The summed E-state index contributed by atoms with van der Waals surface area (Å²) in [5.41, 5.74) is 1.33. The monoisotopic (exact) mass is 260 g/mol. The lowest BCUT2D eigenvalue weighted by Gasteiger charge is -2.32. The van der Waals surface area contributed by atoms with Crippen molar-refractivity contribution in [2.24, 2.45) is 11.8 Å². The van der Waals surface area contributed by atoms with Crippen molar-refractivity contribution in [2.75, 3.05) is 13.1 Å². The zero-order valence-corrected chi connectivity index (χ0v) is 11.9. The molecule has 3 heteroatoms. The number of hydrogen-bond donors (Lipinski definition) is 2. The molecule has 1 aromatic rings. The number of carbonyl (C=O) groups excluding carboxylic acids is 1. The molecule has 0 radical (unpaired) electrons. The standard InChI is InChI=1S/C16H24N2O/c1-12(8-9-14-6-4-3-5-7-14)18-16(19)13(2)15-10-17-11-15/h3-7,12-13,15,17H,8-11H2,1-2H3,(H,18,19). The second kappa shape index (κ2) is 6.71. The highest BCUT2D eigenvalue weighted by Crippen LogP contribution is 2.16. The maximum Gasteiger partial charge on any atom is 0.223 e. The molecule has 1 aliphatic rings. The van der Waals surface area contributed by atoms with E-state index < -0.39 is 0 Å². The first kappa shape index (κ1) is 14.1. The fourth-order valence-corrected chi connectivity index (χ4v) is 2.35. The summed E-state index contributed by atoms with van der Waals surface area (Å²) in [4.78, 5) is 12.1. The van der Waals surface area contributed by atoms with Crippen LogP contribution in [0.1, 0.15) is 25.8 Å². The van der Waals surface area contributed by atoms with Crippen LogP contribution in [0.25, 0.3) is 0 Å². The van der Waals surface area contributed by atoms with E-state index in [0.29, 0.717) is 5.92 Å². The number of hydrogen-bond acceptors (Lipinski definition) is 2. The Kier molecular flexibility index (Phi) is 4.97. The third-order valence-corrected chi connectivity index (χ3v) is 4.03. The lowest BCUT2D eigenvalue weighted by Crippen LogP contribution is -2.50. The van der Waals surface area contributed by atoms with Crippen LogP contribution in [-0.2, 0) is 11.2 Å². The van der Waals surface area contributed by atoms with Gasteiger partial charge < -0.3 is 10.6 Å². The van der Waals surface area contributed by atoms with Gasteiger partial charge in [-0.15, -0.1) is 0 Å². The van der Waals surface area contributed by atoms with E-state index in [4.69, 9.17) is 0 Å². The van der Waals surface area contributed by atoms with Gasteiger partial charge in [-0.2, -0.15) is 0 Å². The summed E-state index contributed by atoms with van der Waals surface area (Å²) < 4.78 is 0. The van der Waals surface area contributed by atoms with Crippen molar-refractivity contribution in [2.45, 2.75) is 32.7 Å². The van der Waals surface area contributed by atoms with Gasteiger partial charge in [0.05, 0.1) is 0 Å². The minimum Gasteiger partial charge on any atom is -0.353 e. The molecule has 0 bridgehead atoms. The first-order valence-electron chi connectivity index (χ1n) is 7.22. The van der Waals surface area contributed by atoms with Crippen LogP contribution in [0.2, 0.25) is 0 Å². The van der Waals surface area contributed by atoms with Crippen LogP contribution >= 0.6 is 0 Å². The minimum atomic E-state index is 0.125. The van der Waals surface area contributed by atoms with Gasteiger partial charge in [-0.3, -0.25) is 4.79 Å². The third kappa shape index (κ3) is 4.06. The Morgan fingerprint density at radius 2 is 2.00 bits per heavy atom. The highest BCUT2D eigenvalue weighted by atomic mass is 16.1. The summed E-state index contributed by atoms with van der Waals surface area (Å²) in [6.45, 7) is 6.08. The summed E-state index contributed by atoms with van der Waals surface area (Å²) in [5.74, 6) is 0.841. The first-order chi connectivity index (χ1) is 9.16. The van der Waals surface area contributed by atoms with Gasteiger partial charge in [-0.1, -0.05) is 37.3 Å². The molecule has 0 aromatic heterocycles. The van der Waals surface area contributed by atoms with Crippen molar-refractivity contribution in [3.05, 3.63) is 35.9 Å². The van der Waals surface area contributed by atoms with Gasteiger partial charge in [0, 0.05) is 12.0 Å². The van der Waals surface area contributed by atoms with Crippen molar-refractivity contribution in [3.63, 3.8) is 0 Å². The van der Waals surface area contributed by atoms with Gasteiger partial charge in [-0.25, -0.2) is 0 Å². The Bertz CT molecular complexity index is 400. The second-order valence-corrected chi connectivity index (χ2v) is 5.64.